The number of hydrogen-bond acceptors (Lipinski definition) is 3. The zero-order valence-corrected chi connectivity index (χ0v) is 12.4. The first-order chi connectivity index (χ1) is 9.52. The van der Waals surface area contributed by atoms with Crippen molar-refractivity contribution < 1.29 is 13.9 Å². The van der Waals surface area contributed by atoms with E-state index >= 15 is 0 Å². The van der Waals surface area contributed by atoms with Crippen molar-refractivity contribution in [3.05, 3.63) is 30.1 Å². The number of ether oxygens (including phenoxy) is 1. The highest BCUT2D eigenvalue weighted by Gasteiger charge is 2.12. The maximum atomic E-state index is 12.9. The Morgan fingerprint density at radius 2 is 2.25 bits per heavy atom. The van der Waals surface area contributed by atoms with Gasteiger partial charge < -0.3 is 15.0 Å². The van der Waals surface area contributed by atoms with Gasteiger partial charge in [0.25, 0.3) is 0 Å². The summed E-state index contributed by atoms with van der Waals surface area (Å²) in [5.74, 6) is 0.222. The smallest absolute Gasteiger partial charge is 0.223 e. The van der Waals surface area contributed by atoms with E-state index < -0.39 is 0 Å². The van der Waals surface area contributed by atoms with Crippen LogP contribution in [0.5, 0.6) is 5.75 Å². The normalized spacial score (nSPS) is 12.0. The third kappa shape index (κ3) is 6.02. The molecule has 0 bridgehead atoms. The number of halogens is 1. The molecule has 5 heteroatoms. The Bertz CT molecular complexity index is 426. The van der Waals surface area contributed by atoms with Crippen LogP contribution < -0.4 is 10.1 Å². The number of benzene rings is 1. The van der Waals surface area contributed by atoms with Gasteiger partial charge in [0.1, 0.15) is 18.2 Å². The van der Waals surface area contributed by atoms with Gasteiger partial charge in [0.05, 0.1) is 6.54 Å². The molecule has 1 rings (SSSR count). The van der Waals surface area contributed by atoms with E-state index in [0.29, 0.717) is 25.3 Å². The molecule has 112 valence electrons. The van der Waals surface area contributed by atoms with Crippen molar-refractivity contribution in [2.24, 2.45) is 0 Å². The number of carbonyl (C=O) groups excluding carboxylic acids is 1. The first-order valence-electron chi connectivity index (χ1n) is 6.88. The lowest BCUT2D eigenvalue weighted by atomic mass is 10.2. The summed E-state index contributed by atoms with van der Waals surface area (Å²) in [6.07, 6.45) is 0.463. The average molecular weight is 282 g/mol. The van der Waals surface area contributed by atoms with Crippen LogP contribution in [-0.2, 0) is 4.79 Å². The number of carbonyl (C=O) groups is 1. The third-order valence-corrected chi connectivity index (χ3v) is 2.95. The second-order valence-electron chi connectivity index (χ2n) is 4.78. The number of hydrogen-bond donors (Lipinski definition) is 1. The van der Waals surface area contributed by atoms with Crippen LogP contribution in [0.15, 0.2) is 24.3 Å². The number of rotatable bonds is 8. The summed E-state index contributed by atoms with van der Waals surface area (Å²) < 4.78 is 18.4. The molecule has 1 aromatic rings. The molecular formula is C15H23FN2O2. The molecule has 0 spiro atoms. The Kier molecular flexibility index (Phi) is 7.01. The molecule has 0 saturated carbocycles. The average Bonchev–Trinajstić information content (AvgIpc) is 2.38. The number of nitrogens with one attached hydrogen (secondary N) is 1. The van der Waals surface area contributed by atoms with E-state index in [-0.39, 0.29) is 17.8 Å². The predicted molar refractivity (Wildman–Crippen MR) is 77.3 cm³/mol. The van der Waals surface area contributed by atoms with E-state index in [0.717, 1.165) is 6.54 Å². The van der Waals surface area contributed by atoms with Crippen molar-refractivity contribution in [2.45, 2.75) is 26.3 Å². The minimum Gasteiger partial charge on any atom is -0.492 e. The zero-order valence-electron chi connectivity index (χ0n) is 12.4. The molecular weight excluding hydrogens is 259 g/mol. The molecule has 0 aliphatic heterocycles. The molecule has 0 saturated heterocycles. The van der Waals surface area contributed by atoms with E-state index in [4.69, 9.17) is 4.74 Å². The lowest BCUT2D eigenvalue weighted by Gasteiger charge is -2.20. The molecule has 0 fully saturated rings. The quantitative estimate of drug-likeness (QED) is 0.793. The Morgan fingerprint density at radius 3 is 2.90 bits per heavy atom. The zero-order chi connectivity index (χ0) is 15.0. The first kappa shape index (κ1) is 16.4. The fraction of sp³-hybridized carbons (Fsp3) is 0.533. The molecule has 0 aromatic heterocycles. The van der Waals surface area contributed by atoms with Crippen LogP contribution in [0.25, 0.3) is 0 Å². The van der Waals surface area contributed by atoms with Gasteiger partial charge in [-0.3, -0.25) is 4.79 Å². The Labute approximate surface area is 119 Å². The van der Waals surface area contributed by atoms with Gasteiger partial charge in [-0.15, -0.1) is 0 Å². The van der Waals surface area contributed by atoms with E-state index in [1.54, 1.807) is 24.1 Å². The van der Waals surface area contributed by atoms with Crippen molar-refractivity contribution in [3.63, 3.8) is 0 Å². The SMILES string of the molecule is CCNC(C)CC(=O)N(C)CCOc1cccc(F)c1. The lowest BCUT2D eigenvalue weighted by molar-refractivity contribution is -0.130. The van der Waals surface area contributed by atoms with Crippen molar-refractivity contribution in [1.29, 1.82) is 0 Å². The van der Waals surface area contributed by atoms with Crippen LogP contribution in [0.1, 0.15) is 20.3 Å². The molecule has 1 N–H and O–H groups in total. The summed E-state index contributed by atoms with van der Waals surface area (Å²) in [5, 5.41) is 3.20. The Balaban J connectivity index is 2.28. The molecule has 20 heavy (non-hydrogen) atoms. The van der Waals surface area contributed by atoms with Crippen LogP contribution in [0.3, 0.4) is 0 Å². The summed E-state index contributed by atoms with van der Waals surface area (Å²) in [7, 11) is 1.75. The summed E-state index contributed by atoms with van der Waals surface area (Å²) in [6, 6.07) is 6.15. The molecule has 0 aliphatic carbocycles. The van der Waals surface area contributed by atoms with Gasteiger partial charge >= 0.3 is 0 Å². The van der Waals surface area contributed by atoms with E-state index in [2.05, 4.69) is 5.32 Å². The molecule has 0 aliphatic rings. The molecule has 1 unspecified atom stereocenters. The van der Waals surface area contributed by atoms with Gasteiger partial charge in [0.15, 0.2) is 0 Å². The largest absolute Gasteiger partial charge is 0.492 e. The van der Waals surface area contributed by atoms with Crippen LogP contribution in [0, 0.1) is 5.82 Å². The number of amides is 1. The number of nitrogens with zero attached hydrogens (tertiary/aromatic N) is 1. The fourth-order valence-corrected chi connectivity index (χ4v) is 1.82. The highest BCUT2D eigenvalue weighted by atomic mass is 19.1. The van der Waals surface area contributed by atoms with Gasteiger partial charge in [-0.2, -0.15) is 0 Å². The Morgan fingerprint density at radius 1 is 1.50 bits per heavy atom. The molecule has 1 atom stereocenters. The van der Waals surface area contributed by atoms with E-state index in [1.807, 2.05) is 13.8 Å². The van der Waals surface area contributed by atoms with Gasteiger partial charge in [-0.25, -0.2) is 4.39 Å². The topological polar surface area (TPSA) is 41.6 Å². The van der Waals surface area contributed by atoms with Gasteiger partial charge in [0, 0.05) is 25.6 Å². The van der Waals surface area contributed by atoms with Crippen molar-refractivity contribution >= 4 is 5.91 Å². The maximum absolute atomic E-state index is 12.9. The summed E-state index contributed by atoms with van der Waals surface area (Å²) >= 11 is 0. The van der Waals surface area contributed by atoms with Crippen molar-refractivity contribution in [1.82, 2.24) is 10.2 Å². The highest BCUT2D eigenvalue weighted by molar-refractivity contribution is 5.76. The predicted octanol–water partition coefficient (Wildman–Crippen LogP) is 2.05. The summed E-state index contributed by atoms with van der Waals surface area (Å²) in [6.45, 7) is 5.67. The minimum absolute atomic E-state index is 0.0706. The van der Waals surface area contributed by atoms with Gasteiger partial charge in [-0.05, 0) is 25.6 Å². The van der Waals surface area contributed by atoms with E-state index in [9.17, 15) is 9.18 Å². The monoisotopic (exact) mass is 282 g/mol. The lowest BCUT2D eigenvalue weighted by Crippen LogP contribution is -2.36. The number of likely N-dealkylation sites (N-methyl/N-ethyl adjacent to an activating group) is 1. The van der Waals surface area contributed by atoms with Crippen molar-refractivity contribution in [2.75, 3.05) is 26.7 Å². The molecule has 0 heterocycles. The second kappa shape index (κ2) is 8.53. The van der Waals surface area contributed by atoms with Gasteiger partial charge in [-0.1, -0.05) is 13.0 Å². The summed E-state index contributed by atoms with van der Waals surface area (Å²) in [4.78, 5) is 13.5. The maximum Gasteiger partial charge on any atom is 0.223 e. The molecule has 0 radical (unpaired) electrons. The van der Waals surface area contributed by atoms with Crippen LogP contribution in [-0.4, -0.2) is 43.6 Å². The minimum atomic E-state index is -0.327. The summed E-state index contributed by atoms with van der Waals surface area (Å²) in [5.41, 5.74) is 0. The Hall–Kier alpha value is -1.62. The van der Waals surface area contributed by atoms with Crippen molar-refractivity contribution in [3.8, 4) is 5.75 Å². The highest BCUT2D eigenvalue weighted by Crippen LogP contribution is 2.11. The standard InChI is InChI=1S/C15H23FN2O2/c1-4-17-12(2)10-15(19)18(3)8-9-20-14-7-5-6-13(16)11-14/h5-7,11-12,17H,4,8-10H2,1-3H3. The molecule has 1 aromatic carbocycles. The van der Waals surface area contributed by atoms with Crippen LogP contribution in [0.2, 0.25) is 0 Å². The fourth-order valence-electron chi connectivity index (χ4n) is 1.82. The molecule has 1 amide bonds. The van der Waals surface area contributed by atoms with Crippen LogP contribution >= 0.6 is 0 Å². The van der Waals surface area contributed by atoms with Crippen LogP contribution in [0.4, 0.5) is 4.39 Å². The van der Waals surface area contributed by atoms with Gasteiger partial charge in [0.2, 0.25) is 5.91 Å². The molecule has 4 nitrogen and oxygen atoms in total. The van der Waals surface area contributed by atoms with E-state index in [1.165, 1.54) is 12.1 Å². The third-order valence-electron chi connectivity index (χ3n) is 2.95. The second-order valence-corrected chi connectivity index (χ2v) is 4.78. The first-order valence-corrected chi connectivity index (χ1v) is 6.88.